The molecule has 3 aromatic rings. The van der Waals surface area contributed by atoms with Gasteiger partial charge < -0.3 is 15.6 Å². The molecule has 0 saturated heterocycles. The molecule has 0 atom stereocenters. The smallest absolute Gasteiger partial charge is 0.161 e. The lowest BCUT2D eigenvalue weighted by atomic mass is 10.1. The fraction of sp³-hybridized carbons (Fsp3) is 0.278. The molecular weight excluding hydrogens is 300 g/mol. The van der Waals surface area contributed by atoms with Crippen molar-refractivity contribution in [2.24, 2.45) is 0 Å². The second-order valence-corrected chi connectivity index (χ2v) is 5.87. The summed E-state index contributed by atoms with van der Waals surface area (Å²) < 4.78 is 0. The van der Waals surface area contributed by atoms with Crippen molar-refractivity contribution >= 4 is 5.82 Å². The molecule has 3 N–H and O–H groups in total. The monoisotopic (exact) mass is 320 g/mol. The fourth-order valence-corrected chi connectivity index (χ4v) is 2.96. The molecule has 0 bridgehead atoms. The number of benzene rings is 1. The summed E-state index contributed by atoms with van der Waals surface area (Å²) >= 11 is 0. The van der Waals surface area contributed by atoms with Gasteiger partial charge >= 0.3 is 0 Å². The number of imidazole rings is 1. The summed E-state index contributed by atoms with van der Waals surface area (Å²) in [6, 6.07) is 10.1. The summed E-state index contributed by atoms with van der Waals surface area (Å²) in [7, 11) is 0. The van der Waals surface area contributed by atoms with E-state index in [0.717, 1.165) is 61.1 Å². The minimum absolute atomic E-state index is 0.780. The van der Waals surface area contributed by atoms with Gasteiger partial charge in [-0.1, -0.05) is 30.3 Å². The summed E-state index contributed by atoms with van der Waals surface area (Å²) in [5, 5.41) is 6.89. The third kappa shape index (κ3) is 3.14. The van der Waals surface area contributed by atoms with Crippen molar-refractivity contribution < 1.29 is 0 Å². The molecule has 1 aliphatic rings. The number of aromatic amines is 1. The van der Waals surface area contributed by atoms with Crippen LogP contribution in [0.5, 0.6) is 0 Å². The first-order valence-electron chi connectivity index (χ1n) is 8.27. The molecule has 1 aliphatic heterocycles. The molecule has 24 heavy (non-hydrogen) atoms. The topological polar surface area (TPSA) is 78.5 Å². The molecular formula is C18H20N6. The van der Waals surface area contributed by atoms with Gasteiger partial charge in [-0.15, -0.1) is 0 Å². The van der Waals surface area contributed by atoms with Crippen LogP contribution in [0.2, 0.25) is 0 Å². The Hall–Kier alpha value is -2.73. The van der Waals surface area contributed by atoms with Gasteiger partial charge in [0, 0.05) is 42.5 Å². The van der Waals surface area contributed by atoms with Crippen LogP contribution in [0.4, 0.5) is 5.82 Å². The zero-order valence-electron chi connectivity index (χ0n) is 13.4. The zero-order chi connectivity index (χ0) is 16.2. The molecule has 3 heterocycles. The highest BCUT2D eigenvalue weighted by molar-refractivity contribution is 5.60. The van der Waals surface area contributed by atoms with Crippen LogP contribution >= 0.6 is 0 Å². The predicted molar refractivity (Wildman–Crippen MR) is 93.7 cm³/mol. The van der Waals surface area contributed by atoms with Gasteiger partial charge in [0.1, 0.15) is 5.82 Å². The van der Waals surface area contributed by atoms with E-state index in [2.05, 4.69) is 20.6 Å². The third-order valence-corrected chi connectivity index (χ3v) is 4.21. The van der Waals surface area contributed by atoms with Crippen LogP contribution in [0.3, 0.4) is 0 Å². The van der Waals surface area contributed by atoms with E-state index < -0.39 is 0 Å². The van der Waals surface area contributed by atoms with E-state index in [1.165, 1.54) is 5.56 Å². The second kappa shape index (κ2) is 6.80. The van der Waals surface area contributed by atoms with Crippen molar-refractivity contribution in [3.63, 3.8) is 0 Å². The largest absolute Gasteiger partial charge is 0.369 e. The Bertz CT molecular complexity index is 798. The maximum atomic E-state index is 4.80. The van der Waals surface area contributed by atoms with E-state index in [1.54, 1.807) is 6.33 Å². The number of fused-ring (bicyclic) bond motifs is 1. The highest BCUT2D eigenvalue weighted by Crippen LogP contribution is 2.24. The van der Waals surface area contributed by atoms with Gasteiger partial charge in [-0.3, -0.25) is 0 Å². The predicted octanol–water partition coefficient (Wildman–Crippen LogP) is 2.17. The van der Waals surface area contributed by atoms with Crippen molar-refractivity contribution in [2.75, 3.05) is 18.4 Å². The van der Waals surface area contributed by atoms with Crippen molar-refractivity contribution in [1.29, 1.82) is 0 Å². The molecule has 1 aromatic carbocycles. The minimum atomic E-state index is 0.780. The zero-order valence-corrected chi connectivity index (χ0v) is 13.4. The van der Waals surface area contributed by atoms with E-state index in [0.29, 0.717) is 0 Å². The van der Waals surface area contributed by atoms with Gasteiger partial charge in [0.05, 0.1) is 12.0 Å². The molecule has 0 unspecified atom stereocenters. The fourth-order valence-electron chi connectivity index (χ4n) is 2.96. The van der Waals surface area contributed by atoms with Crippen molar-refractivity contribution in [2.45, 2.75) is 19.4 Å². The molecule has 0 saturated carbocycles. The highest BCUT2D eigenvalue weighted by atomic mass is 15.1. The Kier molecular flexibility index (Phi) is 4.20. The molecule has 0 fully saturated rings. The van der Waals surface area contributed by atoms with E-state index in [1.807, 2.05) is 36.5 Å². The van der Waals surface area contributed by atoms with Crippen molar-refractivity contribution in [3.8, 4) is 11.4 Å². The summed E-state index contributed by atoms with van der Waals surface area (Å²) in [5.41, 5.74) is 4.50. The van der Waals surface area contributed by atoms with Crippen LogP contribution in [-0.2, 0) is 19.4 Å². The molecule has 4 rings (SSSR count). The van der Waals surface area contributed by atoms with Gasteiger partial charge in [-0.25, -0.2) is 15.0 Å². The Labute approximate surface area is 140 Å². The van der Waals surface area contributed by atoms with E-state index in [-0.39, 0.29) is 0 Å². The van der Waals surface area contributed by atoms with Crippen LogP contribution in [0.1, 0.15) is 17.0 Å². The first-order valence-corrected chi connectivity index (χ1v) is 8.27. The Morgan fingerprint density at radius 3 is 2.88 bits per heavy atom. The quantitative estimate of drug-likeness (QED) is 0.671. The molecule has 0 radical (unpaired) electrons. The molecule has 6 nitrogen and oxygen atoms in total. The van der Waals surface area contributed by atoms with Crippen molar-refractivity contribution in [1.82, 2.24) is 25.3 Å². The number of H-pyrrole nitrogens is 1. The van der Waals surface area contributed by atoms with Gasteiger partial charge in [0.15, 0.2) is 5.82 Å². The Morgan fingerprint density at radius 1 is 1.12 bits per heavy atom. The third-order valence-electron chi connectivity index (χ3n) is 4.21. The Balaban J connectivity index is 1.61. The minimum Gasteiger partial charge on any atom is -0.369 e. The number of hydrogen-bond acceptors (Lipinski definition) is 5. The van der Waals surface area contributed by atoms with E-state index in [4.69, 9.17) is 9.97 Å². The summed E-state index contributed by atoms with van der Waals surface area (Å²) in [6.45, 7) is 2.58. The lowest BCUT2D eigenvalue weighted by molar-refractivity contribution is 0.625. The summed E-state index contributed by atoms with van der Waals surface area (Å²) in [4.78, 5) is 16.8. The van der Waals surface area contributed by atoms with Gasteiger partial charge in [0.2, 0.25) is 0 Å². The summed E-state index contributed by atoms with van der Waals surface area (Å²) in [5.74, 6) is 1.74. The van der Waals surface area contributed by atoms with Crippen LogP contribution in [-0.4, -0.2) is 33.0 Å². The van der Waals surface area contributed by atoms with Gasteiger partial charge in [0.25, 0.3) is 0 Å². The number of hydrogen-bond donors (Lipinski definition) is 3. The van der Waals surface area contributed by atoms with Crippen LogP contribution in [0, 0.1) is 0 Å². The number of nitrogens with zero attached hydrogens (tertiary/aromatic N) is 3. The standard InChI is InChI=1S/C18H20N6/c1-2-4-13(5-3-1)17-23-16-11-19-8-7-15(16)18(24-17)21-9-6-14-10-20-12-22-14/h1-5,10,12,19H,6-9,11H2,(H,20,22)(H,21,23,24). The lowest BCUT2D eigenvalue weighted by Gasteiger charge is -2.20. The van der Waals surface area contributed by atoms with Crippen LogP contribution in [0.25, 0.3) is 11.4 Å². The van der Waals surface area contributed by atoms with Crippen molar-refractivity contribution in [3.05, 3.63) is 59.8 Å². The average Bonchev–Trinajstić information content (AvgIpc) is 3.16. The second-order valence-electron chi connectivity index (χ2n) is 5.87. The number of anilines is 1. The van der Waals surface area contributed by atoms with Gasteiger partial charge in [-0.05, 0) is 13.0 Å². The summed E-state index contributed by atoms with van der Waals surface area (Å²) in [6.07, 6.45) is 5.41. The number of nitrogens with one attached hydrogen (secondary N) is 3. The molecule has 0 spiro atoms. The maximum absolute atomic E-state index is 4.80. The van der Waals surface area contributed by atoms with E-state index in [9.17, 15) is 0 Å². The first-order chi connectivity index (χ1) is 11.9. The first kappa shape index (κ1) is 14.8. The van der Waals surface area contributed by atoms with Crippen LogP contribution in [0.15, 0.2) is 42.9 Å². The SMILES string of the molecule is c1ccc(-c2nc3c(c(NCCc4cnc[nH]4)n2)CCNC3)cc1. The molecule has 122 valence electrons. The molecule has 0 amide bonds. The molecule has 2 aromatic heterocycles. The lowest BCUT2D eigenvalue weighted by Crippen LogP contribution is -2.27. The normalized spacial score (nSPS) is 13.5. The van der Waals surface area contributed by atoms with Crippen LogP contribution < -0.4 is 10.6 Å². The van der Waals surface area contributed by atoms with Gasteiger partial charge in [-0.2, -0.15) is 0 Å². The average molecular weight is 320 g/mol. The van der Waals surface area contributed by atoms with E-state index >= 15 is 0 Å². The maximum Gasteiger partial charge on any atom is 0.161 e. The number of aromatic nitrogens is 4. The Morgan fingerprint density at radius 2 is 2.04 bits per heavy atom. The molecule has 0 aliphatic carbocycles. The highest BCUT2D eigenvalue weighted by Gasteiger charge is 2.18. The molecule has 6 heteroatoms. The number of rotatable bonds is 5.